The number of nitrogens with one attached hydrogen (secondary N) is 1. The Morgan fingerprint density at radius 1 is 1.15 bits per heavy atom. The van der Waals surface area contributed by atoms with E-state index in [1.165, 1.54) is 23.5 Å². The molecule has 1 saturated heterocycles. The van der Waals surface area contributed by atoms with Crippen LogP contribution in [0.15, 0.2) is 23.1 Å². The maximum atomic E-state index is 12.9. The molecule has 1 aliphatic rings. The van der Waals surface area contributed by atoms with Gasteiger partial charge in [0.25, 0.3) is 5.91 Å². The molecule has 0 saturated carbocycles. The average Bonchev–Trinajstić information content (AvgIpc) is 2.65. The predicted molar refractivity (Wildman–Crippen MR) is 102 cm³/mol. The van der Waals surface area contributed by atoms with Crippen LogP contribution in [0.5, 0.6) is 0 Å². The molecule has 0 radical (unpaired) electrons. The summed E-state index contributed by atoms with van der Waals surface area (Å²) in [5.41, 5.74) is 0.875. The molecule has 27 heavy (non-hydrogen) atoms. The number of hydrogen-bond acceptors (Lipinski definition) is 5. The van der Waals surface area contributed by atoms with E-state index < -0.39 is 27.9 Å². The minimum atomic E-state index is -3.64. The van der Waals surface area contributed by atoms with Crippen molar-refractivity contribution in [2.24, 2.45) is 5.92 Å². The molecule has 1 unspecified atom stereocenters. The summed E-state index contributed by atoms with van der Waals surface area (Å²) in [4.78, 5) is 24.7. The van der Waals surface area contributed by atoms with Gasteiger partial charge in [-0.05, 0) is 43.4 Å². The lowest BCUT2D eigenvalue weighted by Gasteiger charge is -2.26. The summed E-state index contributed by atoms with van der Waals surface area (Å²) >= 11 is 0. The van der Waals surface area contributed by atoms with E-state index in [1.807, 2.05) is 0 Å². The van der Waals surface area contributed by atoms with Crippen LogP contribution in [0.1, 0.15) is 49.0 Å². The molecule has 1 fully saturated rings. The fourth-order valence-electron chi connectivity index (χ4n) is 3.10. The van der Waals surface area contributed by atoms with E-state index in [0.29, 0.717) is 18.7 Å². The van der Waals surface area contributed by atoms with Crippen LogP contribution < -0.4 is 5.32 Å². The van der Waals surface area contributed by atoms with Gasteiger partial charge in [-0.2, -0.15) is 4.31 Å². The number of carbonyl (C=O) groups excluding carboxylic acids is 2. The molecular weight excluding hydrogens is 368 g/mol. The molecule has 0 aromatic heterocycles. The van der Waals surface area contributed by atoms with Gasteiger partial charge in [0.15, 0.2) is 0 Å². The van der Waals surface area contributed by atoms with Crippen molar-refractivity contribution in [3.05, 3.63) is 29.3 Å². The Morgan fingerprint density at radius 2 is 1.78 bits per heavy atom. The molecule has 0 aliphatic carbocycles. The lowest BCUT2D eigenvalue weighted by Crippen LogP contribution is -2.45. The summed E-state index contributed by atoms with van der Waals surface area (Å²) in [6.07, 6.45) is 2.71. The number of amides is 1. The van der Waals surface area contributed by atoms with E-state index >= 15 is 0 Å². The Bertz CT molecular complexity index is 798. The second kappa shape index (κ2) is 8.84. The van der Waals surface area contributed by atoms with Gasteiger partial charge < -0.3 is 10.1 Å². The molecule has 1 aromatic rings. The molecule has 1 N–H and O–H groups in total. The van der Waals surface area contributed by atoms with Crippen molar-refractivity contribution < 1.29 is 22.7 Å². The van der Waals surface area contributed by atoms with Crippen molar-refractivity contribution in [1.29, 1.82) is 0 Å². The van der Waals surface area contributed by atoms with Crippen LogP contribution in [0, 0.1) is 12.8 Å². The van der Waals surface area contributed by atoms with Gasteiger partial charge in [0.1, 0.15) is 6.04 Å². The lowest BCUT2D eigenvalue weighted by molar-refractivity contribution is -0.144. The normalized spacial score (nSPS) is 16.8. The Kier molecular flexibility index (Phi) is 7.00. The van der Waals surface area contributed by atoms with Gasteiger partial charge >= 0.3 is 5.97 Å². The Labute approximate surface area is 161 Å². The summed E-state index contributed by atoms with van der Waals surface area (Å²) in [5, 5.41) is 2.66. The maximum absolute atomic E-state index is 12.9. The van der Waals surface area contributed by atoms with E-state index in [4.69, 9.17) is 4.74 Å². The lowest BCUT2D eigenvalue weighted by atomic mass is 10.0. The minimum absolute atomic E-state index is 0.0966. The summed E-state index contributed by atoms with van der Waals surface area (Å²) in [6, 6.07) is 3.73. The Hall–Kier alpha value is -1.93. The van der Waals surface area contributed by atoms with Gasteiger partial charge in [0.2, 0.25) is 10.0 Å². The third-order valence-corrected chi connectivity index (χ3v) is 6.71. The second-order valence-electron chi connectivity index (χ2n) is 7.16. The summed E-state index contributed by atoms with van der Waals surface area (Å²) < 4.78 is 32.0. The highest BCUT2D eigenvalue weighted by molar-refractivity contribution is 7.89. The first-order valence-corrected chi connectivity index (χ1v) is 10.6. The smallest absolute Gasteiger partial charge is 0.328 e. The largest absolute Gasteiger partial charge is 0.467 e. The number of methoxy groups -OCH3 is 1. The molecule has 1 aromatic carbocycles. The molecule has 1 amide bonds. The summed E-state index contributed by atoms with van der Waals surface area (Å²) in [5.74, 6) is -1.19. The zero-order valence-electron chi connectivity index (χ0n) is 16.3. The number of esters is 1. The molecule has 7 nitrogen and oxygen atoms in total. The van der Waals surface area contributed by atoms with E-state index in [9.17, 15) is 18.0 Å². The first-order valence-electron chi connectivity index (χ1n) is 9.18. The number of carbonyl (C=O) groups is 2. The Morgan fingerprint density at radius 3 is 2.33 bits per heavy atom. The van der Waals surface area contributed by atoms with Gasteiger partial charge in [-0.25, -0.2) is 13.2 Å². The summed E-state index contributed by atoms with van der Waals surface area (Å²) in [7, 11) is -2.37. The van der Waals surface area contributed by atoms with Gasteiger partial charge in [0, 0.05) is 18.7 Å². The van der Waals surface area contributed by atoms with Crippen molar-refractivity contribution in [1.82, 2.24) is 9.62 Å². The number of aryl methyl sites for hydroxylation is 1. The van der Waals surface area contributed by atoms with Gasteiger partial charge in [-0.3, -0.25) is 4.79 Å². The van der Waals surface area contributed by atoms with Crippen LogP contribution >= 0.6 is 0 Å². The van der Waals surface area contributed by atoms with E-state index in [-0.39, 0.29) is 16.4 Å². The standard InChI is InChI=1S/C19H28N2O5S/c1-13(2)17(19(23)26-4)20-18(22)16-12-15(9-8-14(16)3)27(24,25)21-10-6-5-7-11-21/h8-9,12-13,17H,5-7,10-11H2,1-4H3,(H,20,22). The van der Waals surface area contributed by atoms with Crippen molar-refractivity contribution in [3.8, 4) is 0 Å². The number of piperidine rings is 1. The van der Waals surface area contributed by atoms with Crippen molar-refractivity contribution in [2.45, 2.75) is 51.0 Å². The van der Waals surface area contributed by atoms with Crippen LogP contribution in [0.2, 0.25) is 0 Å². The molecule has 8 heteroatoms. The van der Waals surface area contributed by atoms with Crippen molar-refractivity contribution in [2.75, 3.05) is 20.2 Å². The second-order valence-corrected chi connectivity index (χ2v) is 9.10. The number of rotatable bonds is 6. The van der Waals surface area contributed by atoms with E-state index in [2.05, 4.69) is 5.32 Å². The zero-order chi connectivity index (χ0) is 20.2. The third-order valence-electron chi connectivity index (χ3n) is 4.81. The maximum Gasteiger partial charge on any atom is 0.328 e. The first kappa shape index (κ1) is 21.4. The van der Waals surface area contributed by atoms with Crippen LogP contribution in [0.4, 0.5) is 0 Å². The first-order chi connectivity index (χ1) is 12.7. The summed E-state index contributed by atoms with van der Waals surface area (Å²) in [6.45, 7) is 6.32. The minimum Gasteiger partial charge on any atom is -0.467 e. The molecule has 1 atom stereocenters. The highest BCUT2D eigenvalue weighted by Gasteiger charge is 2.29. The van der Waals surface area contributed by atoms with E-state index in [1.54, 1.807) is 26.8 Å². The third kappa shape index (κ3) is 4.87. The van der Waals surface area contributed by atoms with Crippen LogP contribution in [-0.2, 0) is 19.6 Å². The number of sulfonamides is 1. The van der Waals surface area contributed by atoms with Gasteiger partial charge in [0.05, 0.1) is 12.0 Å². The quantitative estimate of drug-likeness (QED) is 0.744. The molecule has 150 valence electrons. The molecule has 1 aliphatic heterocycles. The van der Waals surface area contributed by atoms with Gasteiger partial charge in [-0.1, -0.05) is 26.3 Å². The van der Waals surface area contributed by atoms with E-state index in [0.717, 1.165) is 19.3 Å². The zero-order valence-corrected chi connectivity index (χ0v) is 17.1. The monoisotopic (exact) mass is 396 g/mol. The van der Waals surface area contributed by atoms with Gasteiger partial charge in [-0.15, -0.1) is 0 Å². The van der Waals surface area contributed by atoms with Crippen LogP contribution in [0.25, 0.3) is 0 Å². The molecular formula is C19H28N2O5S. The fraction of sp³-hybridized carbons (Fsp3) is 0.579. The molecule has 0 bridgehead atoms. The van der Waals surface area contributed by atoms with Crippen molar-refractivity contribution >= 4 is 21.9 Å². The number of benzene rings is 1. The average molecular weight is 397 g/mol. The highest BCUT2D eigenvalue weighted by Crippen LogP contribution is 2.23. The number of ether oxygens (including phenoxy) is 1. The SMILES string of the molecule is COC(=O)C(NC(=O)c1cc(S(=O)(=O)N2CCCCC2)ccc1C)C(C)C. The Balaban J connectivity index is 2.31. The number of nitrogens with zero attached hydrogens (tertiary/aromatic N) is 1. The predicted octanol–water partition coefficient (Wildman–Crippen LogP) is 2.10. The van der Waals surface area contributed by atoms with Crippen LogP contribution in [-0.4, -0.2) is 50.8 Å². The topological polar surface area (TPSA) is 92.8 Å². The number of hydrogen-bond donors (Lipinski definition) is 1. The fourth-order valence-corrected chi connectivity index (χ4v) is 4.65. The molecule has 0 spiro atoms. The highest BCUT2D eigenvalue weighted by atomic mass is 32.2. The molecule has 2 rings (SSSR count). The van der Waals surface area contributed by atoms with Crippen molar-refractivity contribution in [3.63, 3.8) is 0 Å². The van der Waals surface area contributed by atoms with Crippen LogP contribution in [0.3, 0.4) is 0 Å². The molecule has 1 heterocycles.